The zero-order chi connectivity index (χ0) is 14.4. The number of aliphatic imine (C=N–C) groups is 1. The number of thioether (sulfide) groups is 1. The molecule has 21 heavy (non-hydrogen) atoms. The minimum atomic E-state index is 0. The van der Waals surface area contributed by atoms with E-state index in [4.69, 9.17) is 0 Å². The van der Waals surface area contributed by atoms with Gasteiger partial charge in [0, 0.05) is 24.9 Å². The van der Waals surface area contributed by atoms with E-state index in [0.29, 0.717) is 12.6 Å². The summed E-state index contributed by atoms with van der Waals surface area (Å²) in [6.45, 7) is 3.49. The van der Waals surface area contributed by atoms with Gasteiger partial charge in [0.1, 0.15) is 18.7 Å². The molecule has 2 rings (SSSR count). The van der Waals surface area contributed by atoms with Crippen molar-refractivity contribution in [3.8, 4) is 0 Å². The van der Waals surface area contributed by atoms with Crippen molar-refractivity contribution < 1.29 is 0 Å². The molecule has 120 valence electrons. The Morgan fingerprint density at radius 3 is 2.90 bits per heavy atom. The Bertz CT molecular complexity index is 450. The molecule has 1 fully saturated rings. The lowest BCUT2D eigenvalue weighted by Gasteiger charge is -2.17. The molecule has 0 aliphatic heterocycles. The number of aromatic nitrogens is 3. The van der Waals surface area contributed by atoms with E-state index in [1.54, 1.807) is 11.0 Å². The topological polar surface area (TPSA) is 67.1 Å². The lowest BCUT2D eigenvalue weighted by atomic mass is 10.2. The van der Waals surface area contributed by atoms with Crippen LogP contribution in [-0.2, 0) is 13.6 Å². The molecule has 0 amide bonds. The van der Waals surface area contributed by atoms with Crippen LogP contribution >= 0.6 is 35.7 Å². The third-order valence-corrected chi connectivity index (χ3v) is 4.68. The first-order chi connectivity index (χ1) is 9.72. The highest BCUT2D eigenvalue weighted by Gasteiger charge is 2.24. The van der Waals surface area contributed by atoms with Gasteiger partial charge in [0.2, 0.25) is 0 Å². The van der Waals surface area contributed by atoms with Gasteiger partial charge in [0.15, 0.2) is 5.96 Å². The largest absolute Gasteiger partial charge is 0.357 e. The van der Waals surface area contributed by atoms with Crippen molar-refractivity contribution in [2.24, 2.45) is 12.0 Å². The number of halogens is 1. The second-order valence-corrected chi connectivity index (χ2v) is 6.15. The molecule has 0 radical (unpaired) electrons. The Kier molecular flexibility index (Phi) is 8.38. The SMILES string of the molecule is CCNC(=NCc1ncnn1C)NC1CCC(SC)C1.I. The zero-order valence-corrected chi connectivity index (χ0v) is 16.0. The first kappa shape index (κ1) is 18.5. The Morgan fingerprint density at radius 1 is 1.52 bits per heavy atom. The first-order valence-electron chi connectivity index (χ1n) is 7.13. The molecule has 1 aliphatic carbocycles. The van der Waals surface area contributed by atoms with Gasteiger partial charge in [-0.25, -0.2) is 9.98 Å². The number of hydrogen-bond acceptors (Lipinski definition) is 4. The molecule has 6 nitrogen and oxygen atoms in total. The molecule has 1 heterocycles. The van der Waals surface area contributed by atoms with E-state index in [9.17, 15) is 0 Å². The molecule has 0 aromatic carbocycles. The molecule has 8 heteroatoms. The Hall–Kier alpha value is -0.510. The van der Waals surface area contributed by atoms with Crippen LogP contribution in [-0.4, -0.2) is 44.8 Å². The fraction of sp³-hybridized carbons (Fsp3) is 0.769. The van der Waals surface area contributed by atoms with E-state index < -0.39 is 0 Å². The van der Waals surface area contributed by atoms with Crippen LogP contribution in [0.1, 0.15) is 32.0 Å². The van der Waals surface area contributed by atoms with Crippen LogP contribution in [0.2, 0.25) is 0 Å². The van der Waals surface area contributed by atoms with Crippen LogP contribution < -0.4 is 10.6 Å². The molecular formula is C13H25IN6S. The molecule has 0 saturated heterocycles. The number of nitrogens with one attached hydrogen (secondary N) is 2. The molecule has 0 bridgehead atoms. The standard InChI is InChI=1S/C13H24N6S.HI/c1-4-14-13(15-8-12-16-9-17-19(12)2)18-10-5-6-11(7-10)20-3;/h9-11H,4-8H2,1-3H3,(H2,14,15,18);1H. The monoisotopic (exact) mass is 424 g/mol. The van der Waals surface area contributed by atoms with E-state index in [2.05, 4.69) is 38.9 Å². The minimum Gasteiger partial charge on any atom is -0.357 e. The van der Waals surface area contributed by atoms with Gasteiger partial charge in [-0.15, -0.1) is 24.0 Å². The van der Waals surface area contributed by atoms with Crippen LogP contribution in [0.15, 0.2) is 11.3 Å². The summed E-state index contributed by atoms with van der Waals surface area (Å²) in [7, 11) is 1.89. The summed E-state index contributed by atoms with van der Waals surface area (Å²) in [5.41, 5.74) is 0. The van der Waals surface area contributed by atoms with Gasteiger partial charge in [0.25, 0.3) is 0 Å². The van der Waals surface area contributed by atoms with Crippen molar-refractivity contribution in [3.05, 3.63) is 12.2 Å². The number of aryl methyl sites for hydroxylation is 1. The van der Waals surface area contributed by atoms with Crippen LogP contribution in [0.25, 0.3) is 0 Å². The van der Waals surface area contributed by atoms with Crippen LogP contribution in [0, 0.1) is 0 Å². The number of guanidine groups is 1. The Morgan fingerprint density at radius 2 is 2.33 bits per heavy atom. The van der Waals surface area contributed by atoms with Crippen molar-refractivity contribution in [2.45, 2.75) is 44.0 Å². The molecule has 2 atom stereocenters. The Labute approximate surface area is 148 Å². The summed E-state index contributed by atoms with van der Waals surface area (Å²) < 4.78 is 1.76. The van der Waals surface area contributed by atoms with Gasteiger partial charge in [0.05, 0.1) is 0 Å². The fourth-order valence-corrected chi connectivity index (χ4v) is 3.21. The average Bonchev–Trinajstić information content (AvgIpc) is 3.05. The van der Waals surface area contributed by atoms with E-state index in [-0.39, 0.29) is 24.0 Å². The predicted molar refractivity (Wildman–Crippen MR) is 99.3 cm³/mol. The smallest absolute Gasteiger partial charge is 0.191 e. The van der Waals surface area contributed by atoms with Crippen molar-refractivity contribution >= 4 is 41.7 Å². The summed E-state index contributed by atoms with van der Waals surface area (Å²) in [6.07, 6.45) is 7.49. The average molecular weight is 424 g/mol. The van der Waals surface area contributed by atoms with Gasteiger partial charge in [-0.05, 0) is 32.4 Å². The quantitative estimate of drug-likeness (QED) is 0.429. The third-order valence-electron chi connectivity index (χ3n) is 3.59. The number of nitrogens with zero attached hydrogens (tertiary/aromatic N) is 4. The maximum Gasteiger partial charge on any atom is 0.191 e. The highest BCUT2D eigenvalue weighted by atomic mass is 127. The van der Waals surface area contributed by atoms with Gasteiger partial charge >= 0.3 is 0 Å². The molecule has 1 aliphatic rings. The second kappa shape index (κ2) is 9.50. The van der Waals surface area contributed by atoms with Crippen molar-refractivity contribution in [2.75, 3.05) is 12.8 Å². The van der Waals surface area contributed by atoms with E-state index >= 15 is 0 Å². The summed E-state index contributed by atoms with van der Waals surface area (Å²) >= 11 is 1.97. The molecule has 2 N–H and O–H groups in total. The summed E-state index contributed by atoms with van der Waals surface area (Å²) in [4.78, 5) is 8.79. The summed E-state index contributed by atoms with van der Waals surface area (Å²) in [6, 6.07) is 0.532. The van der Waals surface area contributed by atoms with E-state index in [1.807, 2.05) is 18.8 Å². The van der Waals surface area contributed by atoms with Crippen molar-refractivity contribution in [1.29, 1.82) is 0 Å². The number of rotatable bonds is 5. The van der Waals surface area contributed by atoms with Crippen LogP contribution in [0.4, 0.5) is 0 Å². The lowest BCUT2D eigenvalue weighted by molar-refractivity contribution is 0.612. The zero-order valence-electron chi connectivity index (χ0n) is 12.9. The molecule has 1 aromatic rings. The molecule has 1 saturated carbocycles. The van der Waals surface area contributed by atoms with E-state index in [1.165, 1.54) is 19.3 Å². The first-order valence-corrected chi connectivity index (χ1v) is 8.42. The van der Waals surface area contributed by atoms with E-state index in [0.717, 1.165) is 23.6 Å². The van der Waals surface area contributed by atoms with Gasteiger partial charge in [-0.2, -0.15) is 16.9 Å². The minimum absolute atomic E-state index is 0. The normalized spacial score (nSPS) is 22.0. The lowest BCUT2D eigenvalue weighted by Crippen LogP contribution is -2.42. The highest BCUT2D eigenvalue weighted by molar-refractivity contribution is 14.0. The second-order valence-electron chi connectivity index (χ2n) is 5.01. The third kappa shape index (κ3) is 5.65. The molecule has 0 spiro atoms. The highest BCUT2D eigenvalue weighted by Crippen LogP contribution is 2.27. The fourth-order valence-electron chi connectivity index (χ4n) is 2.41. The molecular weight excluding hydrogens is 399 g/mol. The Balaban J connectivity index is 0.00000220. The maximum absolute atomic E-state index is 4.60. The molecule has 1 aromatic heterocycles. The molecule has 2 unspecified atom stereocenters. The van der Waals surface area contributed by atoms with Gasteiger partial charge < -0.3 is 10.6 Å². The van der Waals surface area contributed by atoms with Gasteiger partial charge in [-0.3, -0.25) is 4.68 Å². The van der Waals surface area contributed by atoms with Crippen LogP contribution in [0.5, 0.6) is 0 Å². The summed E-state index contributed by atoms with van der Waals surface area (Å²) in [5.74, 6) is 1.75. The van der Waals surface area contributed by atoms with Gasteiger partial charge in [-0.1, -0.05) is 0 Å². The predicted octanol–water partition coefficient (Wildman–Crippen LogP) is 1.77. The maximum atomic E-state index is 4.60. The number of hydrogen-bond donors (Lipinski definition) is 2. The van der Waals surface area contributed by atoms with Crippen LogP contribution in [0.3, 0.4) is 0 Å². The van der Waals surface area contributed by atoms with Crippen molar-refractivity contribution in [1.82, 2.24) is 25.4 Å². The summed E-state index contributed by atoms with van der Waals surface area (Å²) in [5, 5.41) is 11.7. The van der Waals surface area contributed by atoms with Crippen molar-refractivity contribution in [3.63, 3.8) is 0 Å².